The Morgan fingerprint density at radius 1 is 1.35 bits per heavy atom. The van der Waals surface area contributed by atoms with Gasteiger partial charge in [-0.3, -0.25) is 9.80 Å². The molecule has 4 heteroatoms. The largest absolute Gasteiger partial charge is 0.298 e. The van der Waals surface area contributed by atoms with Crippen molar-refractivity contribution in [3.63, 3.8) is 0 Å². The van der Waals surface area contributed by atoms with E-state index in [-0.39, 0.29) is 0 Å². The smallest absolute Gasteiger partial charge is 0.129 e. The van der Waals surface area contributed by atoms with Gasteiger partial charge in [0, 0.05) is 37.9 Å². The van der Waals surface area contributed by atoms with Gasteiger partial charge in [-0.2, -0.15) is 0 Å². The Morgan fingerprint density at radius 2 is 2.00 bits per heavy atom. The maximum atomic E-state index is 5.91. The SMILES string of the molecule is CC1CN(Cc2ccnc(Cl)c2)CC(C)N1C. The van der Waals surface area contributed by atoms with Gasteiger partial charge in [-0.05, 0) is 38.6 Å². The predicted octanol–water partition coefficient (Wildman–Crippen LogP) is 2.26. The Labute approximate surface area is 108 Å². The van der Waals surface area contributed by atoms with Crippen molar-refractivity contribution >= 4 is 11.6 Å². The molecule has 1 aliphatic rings. The van der Waals surface area contributed by atoms with Crippen molar-refractivity contribution < 1.29 is 0 Å². The summed E-state index contributed by atoms with van der Waals surface area (Å²) in [7, 11) is 2.20. The number of hydrogen-bond donors (Lipinski definition) is 0. The molecule has 1 aliphatic heterocycles. The number of rotatable bonds is 2. The number of piperazine rings is 1. The minimum absolute atomic E-state index is 0.581. The van der Waals surface area contributed by atoms with E-state index in [1.165, 1.54) is 5.56 Å². The second-order valence-corrected chi connectivity index (χ2v) is 5.43. The highest BCUT2D eigenvalue weighted by Crippen LogP contribution is 2.16. The van der Waals surface area contributed by atoms with Crippen LogP contribution in [0.2, 0.25) is 5.15 Å². The van der Waals surface area contributed by atoms with Crippen LogP contribution in [-0.4, -0.2) is 47.0 Å². The van der Waals surface area contributed by atoms with Crippen molar-refractivity contribution in [1.82, 2.24) is 14.8 Å². The third kappa shape index (κ3) is 3.18. The first kappa shape index (κ1) is 12.8. The third-order valence-corrected chi connectivity index (χ3v) is 3.84. The van der Waals surface area contributed by atoms with Crippen LogP contribution in [0.5, 0.6) is 0 Å². The molecule has 3 nitrogen and oxygen atoms in total. The molecule has 0 bridgehead atoms. The van der Waals surface area contributed by atoms with Gasteiger partial charge in [0.05, 0.1) is 0 Å². The summed E-state index contributed by atoms with van der Waals surface area (Å²) in [5.41, 5.74) is 1.24. The molecule has 2 unspecified atom stereocenters. The standard InChI is InChI=1S/C13H20ClN3/c1-10-7-17(8-11(2)16(10)3)9-12-4-5-15-13(14)6-12/h4-6,10-11H,7-9H2,1-3H3. The minimum atomic E-state index is 0.581. The molecule has 1 aromatic heterocycles. The summed E-state index contributed by atoms with van der Waals surface area (Å²) in [4.78, 5) is 8.94. The maximum Gasteiger partial charge on any atom is 0.129 e. The van der Waals surface area contributed by atoms with Crippen LogP contribution in [0.25, 0.3) is 0 Å². The van der Waals surface area contributed by atoms with Gasteiger partial charge in [0.15, 0.2) is 0 Å². The van der Waals surface area contributed by atoms with Crippen LogP contribution in [0.15, 0.2) is 18.3 Å². The van der Waals surface area contributed by atoms with Crippen molar-refractivity contribution in [1.29, 1.82) is 0 Å². The molecule has 0 aromatic carbocycles. The lowest BCUT2D eigenvalue weighted by molar-refractivity contribution is 0.0556. The summed E-state index contributed by atoms with van der Waals surface area (Å²) in [6.45, 7) is 7.75. The lowest BCUT2D eigenvalue weighted by atomic mass is 10.1. The Hall–Kier alpha value is -0.640. The molecule has 0 aliphatic carbocycles. The van der Waals surface area contributed by atoms with E-state index in [1.54, 1.807) is 6.20 Å². The lowest BCUT2D eigenvalue weighted by Gasteiger charge is -2.42. The summed E-state index contributed by atoms with van der Waals surface area (Å²) >= 11 is 5.91. The van der Waals surface area contributed by atoms with Gasteiger partial charge in [-0.1, -0.05) is 11.6 Å². The van der Waals surface area contributed by atoms with Crippen LogP contribution >= 0.6 is 11.6 Å². The highest BCUT2D eigenvalue weighted by atomic mass is 35.5. The molecule has 1 fully saturated rings. The first-order valence-electron chi connectivity index (χ1n) is 6.11. The van der Waals surface area contributed by atoms with Crippen LogP contribution in [0.1, 0.15) is 19.4 Å². The zero-order valence-corrected chi connectivity index (χ0v) is 11.5. The van der Waals surface area contributed by atoms with Crippen LogP contribution < -0.4 is 0 Å². The average Bonchev–Trinajstić information content (AvgIpc) is 2.26. The number of hydrogen-bond acceptors (Lipinski definition) is 3. The number of halogens is 1. The molecule has 1 aromatic rings. The van der Waals surface area contributed by atoms with Gasteiger partial charge in [0.2, 0.25) is 0 Å². The third-order valence-electron chi connectivity index (χ3n) is 3.63. The number of likely N-dealkylation sites (N-methyl/N-ethyl adjacent to an activating group) is 1. The van der Waals surface area contributed by atoms with Crippen molar-refractivity contribution in [2.45, 2.75) is 32.5 Å². The van der Waals surface area contributed by atoms with Crippen molar-refractivity contribution in [3.05, 3.63) is 29.0 Å². The molecule has 17 heavy (non-hydrogen) atoms. The predicted molar refractivity (Wildman–Crippen MR) is 71.2 cm³/mol. The van der Waals surface area contributed by atoms with Gasteiger partial charge in [-0.15, -0.1) is 0 Å². The fourth-order valence-electron chi connectivity index (χ4n) is 2.44. The van der Waals surface area contributed by atoms with E-state index in [4.69, 9.17) is 11.6 Å². The average molecular weight is 254 g/mol. The van der Waals surface area contributed by atoms with Crippen LogP contribution in [0.4, 0.5) is 0 Å². The summed E-state index contributed by atoms with van der Waals surface area (Å²) < 4.78 is 0. The van der Waals surface area contributed by atoms with Gasteiger partial charge >= 0.3 is 0 Å². The van der Waals surface area contributed by atoms with Crippen LogP contribution in [0.3, 0.4) is 0 Å². The van der Waals surface area contributed by atoms with E-state index < -0.39 is 0 Å². The van der Waals surface area contributed by atoms with Gasteiger partial charge < -0.3 is 0 Å². The van der Waals surface area contributed by atoms with Crippen molar-refractivity contribution in [2.75, 3.05) is 20.1 Å². The quantitative estimate of drug-likeness (QED) is 0.754. The molecular weight excluding hydrogens is 234 g/mol. The van der Waals surface area contributed by atoms with Crippen molar-refractivity contribution in [2.24, 2.45) is 0 Å². The van der Waals surface area contributed by atoms with E-state index >= 15 is 0 Å². The van der Waals surface area contributed by atoms with E-state index in [1.807, 2.05) is 12.1 Å². The molecule has 0 saturated carbocycles. The summed E-state index contributed by atoms with van der Waals surface area (Å²) in [6.07, 6.45) is 1.78. The Morgan fingerprint density at radius 3 is 2.59 bits per heavy atom. The first-order chi connectivity index (χ1) is 8.06. The molecule has 0 spiro atoms. The molecular formula is C13H20ClN3. The Kier molecular flexibility index (Phi) is 4.02. The van der Waals surface area contributed by atoms with E-state index in [2.05, 4.69) is 35.7 Å². The zero-order valence-electron chi connectivity index (χ0n) is 10.7. The van der Waals surface area contributed by atoms with Crippen LogP contribution in [-0.2, 0) is 6.54 Å². The molecule has 0 radical (unpaired) electrons. The fourth-order valence-corrected chi connectivity index (χ4v) is 2.64. The molecule has 2 heterocycles. The molecule has 2 atom stereocenters. The normalized spacial score (nSPS) is 27.3. The van der Waals surface area contributed by atoms with Gasteiger partial charge in [0.1, 0.15) is 5.15 Å². The highest BCUT2D eigenvalue weighted by Gasteiger charge is 2.26. The monoisotopic (exact) mass is 253 g/mol. The molecule has 1 saturated heterocycles. The molecule has 0 amide bonds. The molecule has 94 valence electrons. The Bertz CT molecular complexity index is 371. The van der Waals surface area contributed by atoms with Crippen LogP contribution in [0, 0.1) is 0 Å². The maximum absolute atomic E-state index is 5.91. The Balaban J connectivity index is 2.00. The van der Waals surface area contributed by atoms with Crippen molar-refractivity contribution in [3.8, 4) is 0 Å². The second-order valence-electron chi connectivity index (χ2n) is 5.04. The van der Waals surface area contributed by atoms with E-state index in [9.17, 15) is 0 Å². The van der Waals surface area contributed by atoms with E-state index in [0.29, 0.717) is 17.2 Å². The first-order valence-corrected chi connectivity index (χ1v) is 6.49. The molecule has 2 rings (SSSR count). The van der Waals surface area contributed by atoms with Gasteiger partial charge in [0.25, 0.3) is 0 Å². The summed E-state index contributed by atoms with van der Waals surface area (Å²) in [5.74, 6) is 0. The molecule has 0 N–H and O–H groups in total. The number of nitrogens with zero attached hydrogens (tertiary/aromatic N) is 3. The topological polar surface area (TPSA) is 19.4 Å². The summed E-state index contributed by atoms with van der Waals surface area (Å²) in [6, 6.07) is 5.21. The second kappa shape index (κ2) is 5.34. The number of aromatic nitrogens is 1. The lowest BCUT2D eigenvalue weighted by Crippen LogP contribution is -2.54. The number of pyridine rings is 1. The minimum Gasteiger partial charge on any atom is -0.298 e. The highest BCUT2D eigenvalue weighted by molar-refractivity contribution is 6.29. The zero-order chi connectivity index (χ0) is 12.4. The summed E-state index contributed by atoms with van der Waals surface area (Å²) in [5, 5.41) is 0.581. The van der Waals surface area contributed by atoms with Gasteiger partial charge in [-0.25, -0.2) is 4.98 Å². The van der Waals surface area contributed by atoms with E-state index in [0.717, 1.165) is 19.6 Å². The fraction of sp³-hybridized carbons (Fsp3) is 0.615.